The zero-order valence-electron chi connectivity index (χ0n) is 14.4. The summed E-state index contributed by atoms with van der Waals surface area (Å²) in [5, 5.41) is 6.69. The monoisotopic (exact) mass is 344 g/mol. The molecule has 0 radical (unpaired) electrons. The van der Waals surface area contributed by atoms with Gasteiger partial charge in [0.2, 0.25) is 5.91 Å². The summed E-state index contributed by atoms with van der Waals surface area (Å²) in [4.78, 5) is 37.0. The first-order valence-electron chi connectivity index (χ1n) is 7.59. The average Bonchev–Trinajstić information content (AvgIpc) is 2.61. The second-order valence-electron chi connectivity index (χ2n) is 5.57. The van der Waals surface area contributed by atoms with Gasteiger partial charge >= 0.3 is 5.97 Å². The zero-order chi connectivity index (χ0) is 18.4. The third-order valence-corrected chi connectivity index (χ3v) is 3.53. The molecule has 0 unspecified atom stereocenters. The lowest BCUT2D eigenvalue weighted by Crippen LogP contribution is -2.33. The Morgan fingerprint density at radius 2 is 1.92 bits per heavy atom. The number of carbonyl (C=O) groups excluding carboxylic acids is 2. The molecule has 2 rings (SSSR count). The number of ether oxygens (including phenoxy) is 1. The summed E-state index contributed by atoms with van der Waals surface area (Å²) in [7, 11) is 4.93. The SMILES string of the molecule is COC(=O)c1ccc(CNC(=O)Cn2ncc(N(C)C)cc2=O)cc1. The number of nitrogens with zero attached hydrogens (tertiary/aromatic N) is 3. The minimum absolute atomic E-state index is 0.160. The van der Waals surface area contributed by atoms with Gasteiger partial charge in [-0.2, -0.15) is 5.10 Å². The van der Waals surface area contributed by atoms with Gasteiger partial charge in [0.1, 0.15) is 6.54 Å². The Morgan fingerprint density at radius 1 is 1.24 bits per heavy atom. The summed E-state index contributed by atoms with van der Waals surface area (Å²) in [5.41, 5.74) is 1.59. The standard InChI is InChI=1S/C17H20N4O4/c1-20(2)14-8-16(23)21(19-10-14)11-15(22)18-9-12-4-6-13(7-5-12)17(24)25-3/h4-8,10H,9,11H2,1-3H3,(H,18,22). The van der Waals surface area contributed by atoms with Crippen molar-refractivity contribution in [1.29, 1.82) is 0 Å². The van der Waals surface area contributed by atoms with Gasteiger partial charge in [-0.1, -0.05) is 12.1 Å². The highest BCUT2D eigenvalue weighted by atomic mass is 16.5. The van der Waals surface area contributed by atoms with E-state index in [1.807, 2.05) is 0 Å². The molecular formula is C17H20N4O4. The van der Waals surface area contributed by atoms with Gasteiger partial charge in [-0.3, -0.25) is 9.59 Å². The van der Waals surface area contributed by atoms with Gasteiger partial charge in [0.15, 0.2) is 0 Å². The normalized spacial score (nSPS) is 10.2. The fraction of sp³-hybridized carbons (Fsp3) is 0.294. The molecule has 0 saturated carbocycles. The lowest BCUT2D eigenvalue weighted by atomic mass is 10.1. The molecule has 0 fully saturated rings. The molecule has 0 aliphatic rings. The van der Waals surface area contributed by atoms with Crippen LogP contribution in [0, 0.1) is 0 Å². The fourth-order valence-corrected chi connectivity index (χ4v) is 2.06. The van der Waals surface area contributed by atoms with Crippen LogP contribution in [0.25, 0.3) is 0 Å². The number of anilines is 1. The van der Waals surface area contributed by atoms with Gasteiger partial charge in [-0.05, 0) is 17.7 Å². The third-order valence-electron chi connectivity index (χ3n) is 3.53. The van der Waals surface area contributed by atoms with E-state index in [0.29, 0.717) is 11.3 Å². The van der Waals surface area contributed by atoms with Crippen molar-refractivity contribution < 1.29 is 14.3 Å². The van der Waals surface area contributed by atoms with E-state index in [-0.39, 0.29) is 24.6 Å². The van der Waals surface area contributed by atoms with Crippen LogP contribution in [0.15, 0.2) is 41.3 Å². The Hall–Kier alpha value is -3.16. The molecule has 0 spiro atoms. The Kier molecular flexibility index (Phi) is 5.89. The van der Waals surface area contributed by atoms with Crippen LogP contribution < -0.4 is 15.8 Å². The maximum absolute atomic E-state index is 12.0. The molecule has 1 aromatic carbocycles. The zero-order valence-corrected chi connectivity index (χ0v) is 14.4. The second-order valence-corrected chi connectivity index (χ2v) is 5.57. The van der Waals surface area contributed by atoms with E-state index < -0.39 is 5.97 Å². The van der Waals surface area contributed by atoms with E-state index in [0.717, 1.165) is 10.2 Å². The predicted octanol–water partition coefficient (Wildman–Crippen LogP) is 0.412. The van der Waals surface area contributed by atoms with Crippen molar-refractivity contribution >= 4 is 17.6 Å². The molecule has 0 aliphatic carbocycles. The Balaban J connectivity index is 1.92. The van der Waals surface area contributed by atoms with E-state index in [1.54, 1.807) is 43.3 Å². The minimum atomic E-state index is -0.415. The van der Waals surface area contributed by atoms with Crippen LogP contribution >= 0.6 is 0 Å². The van der Waals surface area contributed by atoms with Gasteiger partial charge in [-0.25, -0.2) is 9.48 Å². The lowest BCUT2D eigenvalue weighted by molar-refractivity contribution is -0.122. The first-order chi connectivity index (χ1) is 11.9. The number of benzene rings is 1. The molecule has 1 heterocycles. The number of methoxy groups -OCH3 is 1. The van der Waals surface area contributed by atoms with Gasteiger partial charge in [0.05, 0.1) is 24.6 Å². The Labute approximate surface area is 145 Å². The molecule has 25 heavy (non-hydrogen) atoms. The van der Waals surface area contributed by atoms with Crippen molar-refractivity contribution in [3.05, 3.63) is 58.0 Å². The first kappa shape index (κ1) is 18.2. The minimum Gasteiger partial charge on any atom is -0.465 e. The summed E-state index contributed by atoms with van der Waals surface area (Å²) >= 11 is 0. The van der Waals surface area contributed by atoms with Crippen LogP contribution in [-0.4, -0.2) is 42.9 Å². The maximum Gasteiger partial charge on any atom is 0.337 e. The summed E-state index contributed by atoms with van der Waals surface area (Å²) < 4.78 is 5.72. The largest absolute Gasteiger partial charge is 0.465 e. The van der Waals surface area contributed by atoms with Crippen molar-refractivity contribution in [3.63, 3.8) is 0 Å². The number of esters is 1. The van der Waals surface area contributed by atoms with Crippen molar-refractivity contribution in [2.75, 3.05) is 26.1 Å². The van der Waals surface area contributed by atoms with E-state index in [9.17, 15) is 14.4 Å². The van der Waals surface area contributed by atoms with Crippen LogP contribution in [0.3, 0.4) is 0 Å². The lowest BCUT2D eigenvalue weighted by Gasteiger charge is -2.12. The van der Waals surface area contributed by atoms with Crippen molar-refractivity contribution in [2.24, 2.45) is 0 Å². The van der Waals surface area contributed by atoms with Gasteiger partial charge in [0, 0.05) is 26.7 Å². The number of nitrogens with one attached hydrogen (secondary N) is 1. The number of aromatic nitrogens is 2. The van der Waals surface area contributed by atoms with Crippen LogP contribution in [0.1, 0.15) is 15.9 Å². The first-order valence-corrected chi connectivity index (χ1v) is 7.59. The quantitative estimate of drug-likeness (QED) is 0.763. The average molecular weight is 344 g/mol. The highest BCUT2D eigenvalue weighted by molar-refractivity contribution is 5.89. The Morgan fingerprint density at radius 3 is 2.48 bits per heavy atom. The van der Waals surface area contributed by atoms with E-state index in [2.05, 4.69) is 15.2 Å². The molecule has 1 amide bonds. The second kappa shape index (κ2) is 8.09. The van der Waals surface area contributed by atoms with Crippen molar-refractivity contribution in [1.82, 2.24) is 15.1 Å². The summed E-state index contributed by atoms with van der Waals surface area (Å²) in [6, 6.07) is 8.12. The maximum atomic E-state index is 12.0. The van der Waals surface area contributed by atoms with Crippen molar-refractivity contribution in [3.8, 4) is 0 Å². The van der Waals surface area contributed by atoms with Gasteiger partial charge in [-0.15, -0.1) is 0 Å². The van der Waals surface area contributed by atoms with E-state index in [1.165, 1.54) is 19.4 Å². The number of amides is 1. The van der Waals surface area contributed by atoms with E-state index in [4.69, 9.17) is 0 Å². The molecule has 0 saturated heterocycles. The molecule has 2 aromatic rings. The van der Waals surface area contributed by atoms with Crippen LogP contribution in [0.4, 0.5) is 5.69 Å². The predicted molar refractivity (Wildman–Crippen MR) is 92.5 cm³/mol. The molecule has 8 heteroatoms. The van der Waals surface area contributed by atoms with Gasteiger partial charge < -0.3 is 15.0 Å². The number of hydrogen-bond acceptors (Lipinski definition) is 6. The van der Waals surface area contributed by atoms with Gasteiger partial charge in [0.25, 0.3) is 5.56 Å². The number of rotatable bonds is 6. The molecule has 1 aromatic heterocycles. The number of carbonyl (C=O) groups is 2. The Bertz CT molecular complexity index is 812. The molecule has 0 aliphatic heterocycles. The molecule has 132 valence electrons. The smallest absolute Gasteiger partial charge is 0.337 e. The summed E-state index contributed by atoms with van der Waals surface area (Å²) in [6.07, 6.45) is 1.53. The van der Waals surface area contributed by atoms with Crippen LogP contribution in [0.5, 0.6) is 0 Å². The van der Waals surface area contributed by atoms with Crippen LogP contribution in [0.2, 0.25) is 0 Å². The van der Waals surface area contributed by atoms with E-state index >= 15 is 0 Å². The third kappa shape index (κ3) is 4.90. The molecule has 8 nitrogen and oxygen atoms in total. The highest BCUT2D eigenvalue weighted by Gasteiger charge is 2.08. The molecule has 0 bridgehead atoms. The summed E-state index contributed by atoms with van der Waals surface area (Å²) in [6.45, 7) is 0.123. The van der Waals surface area contributed by atoms with Crippen molar-refractivity contribution in [2.45, 2.75) is 13.1 Å². The molecule has 0 atom stereocenters. The fourth-order valence-electron chi connectivity index (χ4n) is 2.06. The summed E-state index contributed by atoms with van der Waals surface area (Å²) in [5.74, 6) is -0.744. The topological polar surface area (TPSA) is 93.5 Å². The molecule has 1 N–H and O–H groups in total. The highest BCUT2D eigenvalue weighted by Crippen LogP contribution is 2.06. The molecular weight excluding hydrogens is 324 g/mol. The number of hydrogen-bond donors (Lipinski definition) is 1. The van der Waals surface area contributed by atoms with Crippen LogP contribution in [-0.2, 0) is 22.6 Å².